The third kappa shape index (κ3) is 2.71. The van der Waals surface area contributed by atoms with Gasteiger partial charge in [0.25, 0.3) is 0 Å². The minimum atomic E-state index is -0.327. The highest BCUT2D eigenvalue weighted by Gasteiger charge is 2.24. The second-order valence-electron chi connectivity index (χ2n) is 5.59. The number of hydrogen-bond acceptors (Lipinski definition) is 4. The van der Waals surface area contributed by atoms with E-state index in [1.807, 2.05) is 31.2 Å². The summed E-state index contributed by atoms with van der Waals surface area (Å²) in [5, 5.41) is 6.92. The molecule has 116 valence electrons. The summed E-state index contributed by atoms with van der Waals surface area (Å²) in [4.78, 5) is 12.5. The molecule has 0 saturated heterocycles. The summed E-state index contributed by atoms with van der Waals surface area (Å²) in [6, 6.07) is 7.55. The Bertz CT molecular complexity index is 678. The van der Waals surface area contributed by atoms with Crippen molar-refractivity contribution in [2.45, 2.75) is 38.5 Å². The standard InChI is InChI=1S/C17H20N2O3/c1-11(12-7-3-5-9-14(12)21-2)17(20)18-16-13-8-4-6-10-15(13)22-19-16/h3,5,7,9,11H,4,6,8,10H2,1-2H3,(H,18,19,20). The number of carbonyl (C=O) groups excluding carboxylic acids is 1. The molecule has 1 aliphatic carbocycles. The molecule has 22 heavy (non-hydrogen) atoms. The van der Waals surface area contributed by atoms with Crippen molar-refractivity contribution < 1.29 is 14.1 Å². The van der Waals surface area contributed by atoms with Crippen LogP contribution in [0.3, 0.4) is 0 Å². The SMILES string of the molecule is COc1ccccc1C(C)C(=O)Nc1noc2c1CCCC2. The van der Waals surface area contributed by atoms with Gasteiger partial charge < -0.3 is 14.6 Å². The average molecular weight is 300 g/mol. The van der Waals surface area contributed by atoms with Gasteiger partial charge in [0.05, 0.1) is 13.0 Å². The second kappa shape index (κ2) is 6.22. The zero-order valence-electron chi connectivity index (χ0n) is 12.9. The molecule has 1 heterocycles. The van der Waals surface area contributed by atoms with Gasteiger partial charge in [-0.1, -0.05) is 23.4 Å². The zero-order chi connectivity index (χ0) is 15.5. The highest BCUT2D eigenvalue weighted by atomic mass is 16.5. The maximum Gasteiger partial charge on any atom is 0.233 e. The lowest BCUT2D eigenvalue weighted by Crippen LogP contribution is -2.20. The first-order valence-electron chi connectivity index (χ1n) is 7.62. The maximum atomic E-state index is 12.5. The van der Waals surface area contributed by atoms with Crippen LogP contribution in [0.4, 0.5) is 5.82 Å². The summed E-state index contributed by atoms with van der Waals surface area (Å²) < 4.78 is 10.7. The third-order valence-corrected chi connectivity index (χ3v) is 4.19. The Morgan fingerprint density at radius 3 is 2.91 bits per heavy atom. The van der Waals surface area contributed by atoms with Crippen molar-refractivity contribution >= 4 is 11.7 Å². The van der Waals surface area contributed by atoms with Crippen LogP contribution in [0.2, 0.25) is 0 Å². The molecule has 1 aromatic carbocycles. The van der Waals surface area contributed by atoms with Crippen LogP contribution >= 0.6 is 0 Å². The molecule has 1 atom stereocenters. The Morgan fingerprint density at radius 1 is 1.32 bits per heavy atom. The van der Waals surface area contributed by atoms with Crippen LogP contribution in [0.15, 0.2) is 28.8 Å². The number of carbonyl (C=O) groups is 1. The molecule has 3 rings (SSSR count). The number of nitrogens with one attached hydrogen (secondary N) is 1. The molecule has 1 N–H and O–H groups in total. The van der Waals surface area contributed by atoms with Crippen molar-refractivity contribution in [3.8, 4) is 5.75 Å². The van der Waals surface area contributed by atoms with E-state index in [4.69, 9.17) is 9.26 Å². The van der Waals surface area contributed by atoms with Crippen LogP contribution in [-0.4, -0.2) is 18.2 Å². The van der Waals surface area contributed by atoms with Gasteiger partial charge in [-0.2, -0.15) is 0 Å². The Labute approximate surface area is 129 Å². The van der Waals surface area contributed by atoms with Crippen LogP contribution in [-0.2, 0) is 17.6 Å². The number of para-hydroxylation sites is 1. The number of nitrogens with zero attached hydrogens (tertiary/aromatic N) is 1. The van der Waals surface area contributed by atoms with Crippen LogP contribution < -0.4 is 10.1 Å². The number of benzene rings is 1. The number of amides is 1. The van der Waals surface area contributed by atoms with Gasteiger partial charge in [0.15, 0.2) is 5.82 Å². The summed E-state index contributed by atoms with van der Waals surface area (Å²) in [6.07, 6.45) is 4.05. The fraction of sp³-hybridized carbons (Fsp3) is 0.412. The highest BCUT2D eigenvalue weighted by molar-refractivity contribution is 5.95. The number of aromatic nitrogens is 1. The minimum absolute atomic E-state index is 0.105. The van der Waals surface area contributed by atoms with E-state index in [2.05, 4.69) is 10.5 Å². The van der Waals surface area contributed by atoms with Crippen molar-refractivity contribution in [2.75, 3.05) is 12.4 Å². The topological polar surface area (TPSA) is 64.4 Å². The molecular weight excluding hydrogens is 280 g/mol. The monoisotopic (exact) mass is 300 g/mol. The normalized spacial score (nSPS) is 15.0. The summed E-state index contributed by atoms with van der Waals surface area (Å²) in [6.45, 7) is 1.86. The molecule has 2 aromatic rings. The lowest BCUT2D eigenvalue weighted by atomic mass is 9.97. The van der Waals surface area contributed by atoms with Crippen LogP contribution in [0.5, 0.6) is 5.75 Å². The number of anilines is 1. The van der Waals surface area contributed by atoms with E-state index >= 15 is 0 Å². The minimum Gasteiger partial charge on any atom is -0.496 e. The smallest absolute Gasteiger partial charge is 0.233 e. The number of rotatable bonds is 4. The van der Waals surface area contributed by atoms with E-state index in [1.54, 1.807) is 7.11 Å². The Balaban J connectivity index is 1.78. The van der Waals surface area contributed by atoms with Gasteiger partial charge in [-0.05, 0) is 32.3 Å². The fourth-order valence-corrected chi connectivity index (χ4v) is 2.87. The van der Waals surface area contributed by atoms with Gasteiger partial charge in [0, 0.05) is 17.5 Å². The Hall–Kier alpha value is -2.30. The molecule has 0 aliphatic heterocycles. The molecule has 0 bridgehead atoms. The maximum absolute atomic E-state index is 12.5. The molecule has 1 unspecified atom stereocenters. The molecule has 0 spiro atoms. The lowest BCUT2D eigenvalue weighted by molar-refractivity contribution is -0.117. The summed E-state index contributed by atoms with van der Waals surface area (Å²) in [7, 11) is 1.61. The van der Waals surface area contributed by atoms with Crippen LogP contribution in [0.25, 0.3) is 0 Å². The van der Waals surface area contributed by atoms with Crippen molar-refractivity contribution in [1.29, 1.82) is 0 Å². The molecule has 1 aliphatic rings. The molecular formula is C17H20N2O3. The third-order valence-electron chi connectivity index (χ3n) is 4.19. The molecule has 5 nitrogen and oxygen atoms in total. The van der Waals surface area contributed by atoms with Gasteiger partial charge in [-0.15, -0.1) is 0 Å². The van der Waals surface area contributed by atoms with E-state index < -0.39 is 0 Å². The summed E-state index contributed by atoms with van der Waals surface area (Å²) in [5.74, 6) is 1.76. The molecule has 1 aromatic heterocycles. The van der Waals surface area contributed by atoms with E-state index in [9.17, 15) is 4.79 Å². The number of aryl methyl sites for hydroxylation is 1. The molecule has 0 radical (unpaired) electrons. The van der Waals surface area contributed by atoms with E-state index in [0.29, 0.717) is 11.6 Å². The van der Waals surface area contributed by atoms with Gasteiger partial charge in [0.1, 0.15) is 11.5 Å². The van der Waals surface area contributed by atoms with Crippen molar-refractivity contribution in [1.82, 2.24) is 5.16 Å². The van der Waals surface area contributed by atoms with Crippen molar-refractivity contribution in [3.63, 3.8) is 0 Å². The van der Waals surface area contributed by atoms with Crippen molar-refractivity contribution in [3.05, 3.63) is 41.2 Å². The molecule has 0 saturated carbocycles. The van der Waals surface area contributed by atoms with Gasteiger partial charge in [-0.25, -0.2) is 0 Å². The van der Waals surface area contributed by atoms with E-state index in [1.165, 1.54) is 0 Å². The summed E-state index contributed by atoms with van der Waals surface area (Å²) in [5.41, 5.74) is 1.91. The average Bonchev–Trinajstić information content (AvgIpc) is 2.97. The quantitative estimate of drug-likeness (QED) is 0.941. The van der Waals surface area contributed by atoms with Crippen molar-refractivity contribution in [2.24, 2.45) is 0 Å². The predicted octanol–water partition coefficient (Wildman–Crippen LogP) is 3.30. The highest BCUT2D eigenvalue weighted by Crippen LogP contribution is 2.30. The Morgan fingerprint density at radius 2 is 2.09 bits per heavy atom. The first kappa shape index (κ1) is 14.6. The van der Waals surface area contributed by atoms with E-state index in [-0.39, 0.29) is 11.8 Å². The predicted molar refractivity (Wildman–Crippen MR) is 83.2 cm³/mol. The molecule has 5 heteroatoms. The largest absolute Gasteiger partial charge is 0.496 e. The molecule has 0 fully saturated rings. The van der Waals surface area contributed by atoms with Gasteiger partial charge in [-0.3, -0.25) is 4.79 Å². The second-order valence-corrected chi connectivity index (χ2v) is 5.59. The van der Waals surface area contributed by atoms with Crippen LogP contribution in [0, 0.1) is 0 Å². The lowest BCUT2D eigenvalue weighted by Gasteiger charge is -2.15. The number of ether oxygens (including phenoxy) is 1. The first-order chi connectivity index (χ1) is 10.7. The first-order valence-corrected chi connectivity index (χ1v) is 7.62. The van der Waals surface area contributed by atoms with Gasteiger partial charge >= 0.3 is 0 Å². The van der Waals surface area contributed by atoms with E-state index in [0.717, 1.165) is 42.6 Å². The Kier molecular flexibility index (Phi) is 4.13. The van der Waals surface area contributed by atoms with Gasteiger partial charge in [0.2, 0.25) is 5.91 Å². The number of hydrogen-bond donors (Lipinski definition) is 1. The zero-order valence-corrected chi connectivity index (χ0v) is 12.9. The van der Waals surface area contributed by atoms with Crippen LogP contribution in [0.1, 0.15) is 42.6 Å². The fourth-order valence-electron chi connectivity index (χ4n) is 2.87. The number of fused-ring (bicyclic) bond motifs is 1. The number of methoxy groups -OCH3 is 1. The molecule has 1 amide bonds. The summed E-state index contributed by atoms with van der Waals surface area (Å²) >= 11 is 0.